The molecule has 0 atom stereocenters. The number of hydrogen-bond donors (Lipinski definition) is 1. The van der Waals surface area contributed by atoms with Crippen LogP contribution in [0.25, 0.3) is 0 Å². The predicted octanol–water partition coefficient (Wildman–Crippen LogP) is 0.608. The van der Waals surface area contributed by atoms with Gasteiger partial charge >= 0.3 is 0 Å². The first kappa shape index (κ1) is 8.08. The van der Waals surface area contributed by atoms with E-state index < -0.39 is 0 Å². The molecule has 0 saturated carbocycles. The van der Waals surface area contributed by atoms with Crippen molar-refractivity contribution in [1.82, 2.24) is 0 Å². The molecule has 0 unspecified atom stereocenters. The van der Waals surface area contributed by atoms with Crippen molar-refractivity contribution in [3.8, 4) is 0 Å². The molecular formula is C6H9NO2. The van der Waals surface area contributed by atoms with E-state index in [-0.39, 0.29) is 6.61 Å². The predicted molar refractivity (Wildman–Crippen MR) is 33.6 cm³/mol. The molecule has 0 rings (SSSR count). The minimum atomic E-state index is 0.176. The van der Waals surface area contributed by atoms with Crippen molar-refractivity contribution in [2.45, 2.75) is 12.8 Å². The van der Waals surface area contributed by atoms with E-state index in [0.29, 0.717) is 6.42 Å². The fourth-order valence-electron chi connectivity index (χ4n) is 0.367. The highest BCUT2D eigenvalue weighted by molar-refractivity contribution is 5.34. The van der Waals surface area contributed by atoms with Crippen LogP contribution in [0.1, 0.15) is 12.8 Å². The summed E-state index contributed by atoms with van der Waals surface area (Å²) in [5.41, 5.74) is 0. The second-order valence-corrected chi connectivity index (χ2v) is 1.47. The number of isocyanates is 1. The smallest absolute Gasteiger partial charge is 0.239 e. The summed E-state index contributed by atoms with van der Waals surface area (Å²) >= 11 is 0. The van der Waals surface area contributed by atoms with E-state index in [1.807, 2.05) is 0 Å². The van der Waals surface area contributed by atoms with Crippen molar-refractivity contribution < 1.29 is 9.90 Å². The van der Waals surface area contributed by atoms with E-state index in [4.69, 9.17) is 5.11 Å². The zero-order valence-corrected chi connectivity index (χ0v) is 5.08. The van der Waals surface area contributed by atoms with Crippen LogP contribution in [0.15, 0.2) is 17.3 Å². The Morgan fingerprint density at radius 1 is 1.67 bits per heavy atom. The van der Waals surface area contributed by atoms with Crippen molar-refractivity contribution >= 4 is 6.08 Å². The number of aliphatic hydroxyl groups excluding tert-OH is 1. The number of unbranched alkanes of at least 4 members (excludes halogenated alkanes) is 1. The maximum atomic E-state index is 9.45. The lowest BCUT2D eigenvalue weighted by Crippen LogP contribution is -1.77. The molecule has 0 amide bonds. The largest absolute Gasteiger partial charge is 0.396 e. The Hall–Kier alpha value is -0.920. The lowest BCUT2D eigenvalue weighted by Gasteiger charge is -1.83. The maximum Gasteiger partial charge on any atom is 0.239 e. The number of aliphatic hydroxyl groups is 1. The van der Waals surface area contributed by atoms with Gasteiger partial charge in [0.05, 0.1) is 0 Å². The van der Waals surface area contributed by atoms with Crippen molar-refractivity contribution in [3.63, 3.8) is 0 Å². The Morgan fingerprint density at radius 2 is 2.44 bits per heavy atom. The van der Waals surface area contributed by atoms with E-state index in [2.05, 4.69) is 4.99 Å². The standard InChI is InChI=1S/C6H9NO2/c8-5-3-1-2-4-7-6-9/h2,4,8H,1,3,5H2/b4-2-. The number of allylic oxidation sites excluding steroid dienone is 1. The van der Waals surface area contributed by atoms with Gasteiger partial charge in [-0.1, -0.05) is 6.08 Å². The molecule has 0 aromatic carbocycles. The molecule has 1 N–H and O–H groups in total. The number of hydrogen-bond acceptors (Lipinski definition) is 3. The molecule has 0 heterocycles. The molecule has 0 aliphatic carbocycles. The van der Waals surface area contributed by atoms with E-state index in [0.717, 1.165) is 6.42 Å². The molecule has 0 spiro atoms. The van der Waals surface area contributed by atoms with E-state index in [9.17, 15) is 4.79 Å². The van der Waals surface area contributed by atoms with E-state index >= 15 is 0 Å². The Kier molecular flexibility index (Phi) is 6.36. The highest BCUT2D eigenvalue weighted by Crippen LogP contribution is 1.87. The molecule has 3 heteroatoms. The van der Waals surface area contributed by atoms with Gasteiger partial charge < -0.3 is 5.11 Å². The Balaban J connectivity index is 3.14. The molecule has 0 aromatic heterocycles. The minimum Gasteiger partial charge on any atom is -0.396 e. The fraction of sp³-hybridized carbons (Fsp3) is 0.500. The third kappa shape index (κ3) is 7.08. The lowest BCUT2D eigenvalue weighted by atomic mass is 10.3. The quantitative estimate of drug-likeness (QED) is 0.341. The zero-order valence-electron chi connectivity index (χ0n) is 5.08. The Labute approximate surface area is 53.7 Å². The van der Waals surface area contributed by atoms with Crippen LogP contribution < -0.4 is 0 Å². The van der Waals surface area contributed by atoms with Crippen LogP contribution in [-0.2, 0) is 4.79 Å². The molecule has 50 valence electrons. The molecule has 0 aliphatic heterocycles. The lowest BCUT2D eigenvalue weighted by molar-refractivity contribution is 0.289. The average Bonchev–Trinajstić information content (AvgIpc) is 1.89. The molecule has 0 radical (unpaired) electrons. The summed E-state index contributed by atoms with van der Waals surface area (Å²) in [6.45, 7) is 0.176. The Bertz CT molecular complexity index is 125. The molecule has 0 bridgehead atoms. The first-order valence-corrected chi connectivity index (χ1v) is 2.74. The molecule has 3 nitrogen and oxygen atoms in total. The molecule has 0 aromatic rings. The maximum absolute atomic E-state index is 9.45. The van der Waals surface area contributed by atoms with Crippen LogP contribution >= 0.6 is 0 Å². The number of nitrogens with zero attached hydrogens (tertiary/aromatic N) is 1. The van der Waals surface area contributed by atoms with Gasteiger partial charge in [-0.2, -0.15) is 4.99 Å². The number of carbonyl (C=O) groups excluding carboxylic acids is 1. The van der Waals surface area contributed by atoms with Crippen LogP contribution in [0.2, 0.25) is 0 Å². The second kappa shape index (κ2) is 7.08. The third-order valence-electron chi connectivity index (χ3n) is 0.762. The van der Waals surface area contributed by atoms with E-state index in [1.54, 1.807) is 6.08 Å². The molecule has 0 saturated heterocycles. The van der Waals surface area contributed by atoms with Gasteiger partial charge in [0, 0.05) is 12.8 Å². The van der Waals surface area contributed by atoms with Crippen LogP contribution in [0, 0.1) is 0 Å². The summed E-state index contributed by atoms with van der Waals surface area (Å²) in [4.78, 5) is 12.6. The zero-order chi connectivity index (χ0) is 6.95. The van der Waals surface area contributed by atoms with Gasteiger partial charge in [0.25, 0.3) is 0 Å². The number of aliphatic imine (C=N–C) groups is 1. The fourth-order valence-corrected chi connectivity index (χ4v) is 0.367. The van der Waals surface area contributed by atoms with E-state index in [1.165, 1.54) is 12.3 Å². The summed E-state index contributed by atoms with van der Waals surface area (Å²) in [6, 6.07) is 0. The first-order chi connectivity index (χ1) is 4.41. The molecule has 0 aliphatic rings. The highest BCUT2D eigenvalue weighted by atomic mass is 16.2. The van der Waals surface area contributed by atoms with Crippen molar-refractivity contribution in [1.29, 1.82) is 0 Å². The van der Waals surface area contributed by atoms with Gasteiger partial charge in [-0.05, 0) is 12.8 Å². The third-order valence-corrected chi connectivity index (χ3v) is 0.762. The van der Waals surface area contributed by atoms with Gasteiger partial charge in [-0.25, -0.2) is 4.79 Å². The number of rotatable bonds is 4. The summed E-state index contributed by atoms with van der Waals surface area (Å²) < 4.78 is 0. The molecular weight excluding hydrogens is 118 g/mol. The monoisotopic (exact) mass is 127 g/mol. The summed E-state index contributed by atoms with van der Waals surface area (Å²) in [7, 11) is 0. The van der Waals surface area contributed by atoms with Crippen LogP contribution in [0.4, 0.5) is 0 Å². The van der Waals surface area contributed by atoms with Gasteiger partial charge in [0.1, 0.15) is 0 Å². The highest BCUT2D eigenvalue weighted by Gasteiger charge is 1.75. The average molecular weight is 127 g/mol. The summed E-state index contributed by atoms with van der Waals surface area (Å²) in [5.74, 6) is 0. The summed E-state index contributed by atoms with van der Waals surface area (Å²) in [6.07, 6.45) is 5.92. The van der Waals surface area contributed by atoms with Gasteiger partial charge in [-0.15, -0.1) is 0 Å². The van der Waals surface area contributed by atoms with Crippen LogP contribution in [0.5, 0.6) is 0 Å². The van der Waals surface area contributed by atoms with Crippen LogP contribution in [0.3, 0.4) is 0 Å². The van der Waals surface area contributed by atoms with Crippen molar-refractivity contribution in [2.24, 2.45) is 4.99 Å². The summed E-state index contributed by atoms with van der Waals surface area (Å²) in [5, 5.41) is 8.28. The van der Waals surface area contributed by atoms with Crippen molar-refractivity contribution in [2.75, 3.05) is 6.61 Å². The molecule has 9 heavy (non-hydrogen) atoms. The molecule has 0 fully saturated rings. The first-order valence-electron chi connectivity index (χ1n) is 2.74. The normalized spacial score (nSPS) is 9.44. The van der Waals surface area contributed by atoms with Gasteiger partial charge in [0.2, 0.25) is 6.08 Å². The van der Waals surface area contributed by atoms with Crippen molar-refractivity contribution in [3.05, 3.63) is 12.3 Å². The van der Waals surface area contributed by atoms with Gasteiger partial charge in [0.15, 0.2) is 0 Å². The SMILES string of the molecule is O=C=N/C=C\CCCO. The second-order valence-electron chi connectivity index (χ2n) is 1.47. The van der Waals surface area contributed by atoms with Gasteiger partial charge in [-0.3, -0.25) is 0 Å². The van der Waals surface area contributed by atoms with Crippen LogP contribution in [-0.4, -0.2) is 17.8 Å². The minimum absolute atomic E-state index is 0.176. The topological polar surface area (TPSA) is 49.7 Å². The Morgan fingerprint density at radius 3 is 3.00 bits per heavy atom.